The highest BCUT2D eigenvalue weighted by molar-refractivity contribution is 5.88. The van der Waals surface area contributed by atoms with Crippen LogP contribution in [0.5, 0.6) is 0 Å². The molecule has 16 heavy (non-hydrogen) atoms. The molecular formula is C11H15NO4. The van der Waals surface area contributed by atoms with Crippen molar-refractivity contribution in [2.24, 2.45) is 11.3 Å². The van der Waals surface area contributed by atoms with Crippen LogP contribution in [0.2, 0.25) is 0 Å². The molecule has 5 nitrogen and oxygen atoms in total. The second-order valence-electron chi connectivity index (χ2n) is 4.33. The molecule has 2 heterocycles. The summed E-state index contributed by atoms with van der Waals surface area (Å²) in [6.07, 6.45) is 3.80. The van der Waals surface area contributed by atoms with E-state index in [-0.39, 0.29) is 24.0 Å². The highest BCUT2D eigenvalue weighted by atomic mass is 16.5. The Morgan fingerprint density at radius 2 is 1.94 bits per heavy atom. The van der Waals surface area contributed by atoms with E-state index >= 15 is 0 Å². The standard InChI is InChI=1S/C11H15NO4/c1-11(10(14)16-3)7-5-4-6(12-7)8(11)9(13)15-2/h4-8,12H,1-3H3. The number of nitrogens with one attached hydrogen (secondary N) is 1. The number of carbonyl (C=O) groups excluding carboxylic acids is 2. The van der Waals surface area contributed by atoms with Crippen molar-refractivity contribution in [2.75, 3.05) is 14.2 Å². The molecule has 2 aliphatic heterocycles. The van der Waals surface area contributed by atoms with Gasteiger partial charge in [-0.1, -0.05) is 12.2 Å². The molecule has 1 N–H and O–H groups in total. The molecule has 5 heteroatoms. The zero-order chi connectivity index (χ0) is 11.9. The molecule has 4 atom stereocenters. The zero-order valence-corrected chi connectivity index (χ0v) is 9.52. The smallest absolute Gasteiger partial charge is 0.314 e. The minimum Gasteiger partial charge on any atom is -0.469 e. The van der Waals surface area contributed by atoms with Gasteiger partial charge < -0.3 is 14.8 Å². The number of rotatable bonds is 2. The van der Waals surface area contributed by atoms with Gasteiger partial charge in [0, 0.05) is 12.1 Å². The van der Waals surface area contributed by atoms with E-state index < -0.39 is 11.3 Å². The van der Waals surface area contributed by atoms with Crippen LogP contribution >= 0.6 is 0 Å². The normalized spacial score (nSPS) is 39.8. The second kappa shape index (κ2) is 3.59. The van der Waals surface area contributed by atoms with Crippen molar-refractivity contribution in [3.63, 3.8) is 0 Å². The molecule has 2 rings (SSSR count). The van der Waals surface area contributed by atoms with Crippen LogP contribution in [0.15, 0.2) is 12.2 Å². The molecule has 4 unspecified atom stereocenters. The predicted molar refractivity (Wildman–Crippen MR) is 55.5 cm³/mol. The lowest BCUT2D eigenvalue weighted by Gasteiger charge is -2.32. The summed E-state index contributed by atoms with van der Waals surface area (Å²) in [5, 5.41) is 3.19. The average Bonchev–Trinajstić information content (AvgIpc) is 2.86. The number of esters is 2. The van der Waals surface area contributed by atoms with Crippen molar-refractivity contribution >= 4 is 11.9 Å². The van der Waals surface area contributed by atoms with Crippen LogP contribution in [0.1, 0.15) is 6.92 Å². The molecule has 1 fully saturated rings. The number of hydrogen-bond acceptors (Lipinski definition) is 5. The van der Waals surface area contributed by atoms with Crippen molar-refractivity contribution in [1.82, 2.24) is 5.32 Å². The highest BCUT2D eigenvalue weighted by Gasteiger charge is 2.61. The first kappa shape index (κ1) is 11.1. The van der Waals surface area contributed by atoms with Crippen LogP contribution in [-0.2, 0) is 19.1 Å². The number of methoxy groups -OCH3 is 2. The summed E-state index contributed by atoms with van der Waals surface area (Å²) >= 11 is 0. The predicted octanol–water partition coefficient (Wildman–Crippen LogP) is -0.135. The van der Waals surface area contributed by atoms with Crippen molar-refractivity contribution in [3.05, 3.63) is 12.2 Å². The van der Waals surface area contributed by atoms with Gasteiger partial charge in [-0.2, -0.15) is 0 Å². The first-order valence-electron chi connectivity index (χ1n) is 5.16. The van der Waals surface area contributed by atoms with Crippen LogP contribution < -0.4 is 5.32 Å². The SMILES string of the molecule is COC(=O)C1C2C=CC(N2)C1(C)C(=O)OC. The Morgan fingerprint density at radius 3 is 2.50 bits per heavy atom. The molecule has 0 aromatic heterocycles. The molecule has 2 bridgehead atoms. The van der Waals surface area contributed by atoms with Crippen molar-refractivity contribution < 1.29 is 19.1 Å². The summed E-state index contributed by atoms with van der Waals surface area (Å²) in [6, 6.07) is -0.296. The van der Waals surface area contributed by atoms with Crippen molar-refractivity contribution in [3.8, 4) is 0 Å². The maximum Gasteiger partial charge on any atom is 0.314 e. The Bertz CT molecular complexity index is 365. The maximum absolute atomic E-state index is 11.9. The quantitative estimate of drug-likeness (QED) is 0.523. The summed E-state index contributed by atoms with van der Waals surface area (Å²) in [5.74, 6) is -1.27. The second-order valence-corrected chi connectivity index (χ2v) is 4.33. The zero-order valence-electron chi connectivity index (χ0n) is 9.52. The molecule has 88 valence electrons. The summed E-state index contributed by atoms with van der Waals surface area (Å²) in [6.45, 7) is 1.74. The lowest BCUT2D eigenvalue weighted by atomic mass is 9.70. The number of hydrogen-bond donors (Lipinski definition) is 1. The molecule has 0 aliphatic carbocycles. The van der Waals surface area contributed by atoms with Gasteiger partial charge in [-0.3, -0.25) is 9.59 Å². The third-order valence-corrected chi connectivity index (χ3v) is 3.61. The summed E-state index contributed by atoms with van der Waals surface area (Å²) in [7, 11) is 2.66. The Hall–Kier alpha value is -1.36. The molecule has 1 saturated heterocycles. The van der Waals surface area contributed by atoms with Gasteiger partial charge in [-0.25, -0.2) is 0 Å². The van der Waals surface area contributed by atoms with Gasteiger partial charge in [0.1, 0.15) is 0 Å². The average molecular weight is 225 g/mol. The first-order valence-corrected chi connectivity index (χ1v) is 5.16. The molecule has 0 saturated carbocycles. The van der Waals surface area contributed by atoms with Gasteiger partial charge in [-0.15, -0.1) is 0 Å². The molecule has 0 spiro atoms. The first-order chi connectivity index (χ1) is 7.55. The van der Waals surface area contributed by atoms with Crippen molar-refractivity contribution in [2.45, 2.75) is 19.0 Å². The maximum atomic E-state index is 11.9. The number of ether oxygens (including phenoxy) is 2. The summed E-state index contributed by atoms with van der Waals surface area (Å²) in [5.41, 5.74) is -0.874. The van der Waals surface area contributed by atoms with E-state index in [9.17, 15) is 9.59 Å². The molecule has 0 radical (unpaired) electrons. The van der Waals surface area contributed by atoms with E-state index in [0.29, 0.717) is 0 Å². The number of fused-ring (bicyclic) bond motifs is 2. The fourth-order valence-corrected chi connectivity index (χ4v) is 2.69. The minimum absolute atomic E-state index is 0.137. The van der Waals surface area contributed by atoms with Crippen molar-refractivity contribution in [1.29, 1.82) is 0 Å². The van der Waals surface area contributed by atoms with Crippen LogP contribution in [0.25, 0.3) is 0 Å². The van der Waals surface area contributed by atoms with Crippen LogP contribution in [0, 0.1) is 11.3 Å². The van der Waals surface area contributed by atoms with Crippen LogP contribution in [0.3, 0.4) is 0 Å². The lowest BCUT2D eigenvalue weighted by molar-refractivity contribution is -0.163. The van der Waals surface area contributed by atoms with Crippen LogP contribution in [0.4, 0.5) is 0 Å². The lowest BCUT2D eigenvalue weighted by Crippen LogP contribution is -2.47. The molecule has 0 aromatic rings. The Kier molecular flexibility index (Phi) is 2.50. The van der Waals surface area contributed by atoms with Gasteiger partial charge in [-0.05, 0) is 6.92 Å². The van der Waals surface area contributed by atoms with E-state index in [2.05, 4.69) is 5.32 Å². The fraction of sp³-hybridized carbons (Fsp3) is 0.636. The third-order valence-electron chi connectivity index (χ3n) is 3.61. The van der Waals surface area contributed by atoms with E-state index in [0.717, 1.165) is 0 Å². The fourth-order valence-electron chi connectivity index (χ4n) is 2.69. The van der Waals surface area contributed by atoms with Gasteiger partial charge in [0.15, 0.2) is 0 Å². The topological polar surface area (TPSA) is 64.6 Å². The van der Waals surface area contributed by atoms with Gasteiger partial charge >= 0.3 is 11.9 Å². The Labute approximate surface area is 93.8 Å². The summed E-state index contributed by atoms with van der Waals surface area (Å²) in [4.78, 5) is 23.6. The number of carbonyl (C=O) groups is 2. The van der Waals surface area contributed by atoms with E-state index in [1.54, 1.807) is 6.92 Å². The van der Waals surface area contributed by atoms with E-state index in [1.807, 2.05) is 12.2 Å². The van der Waals surface area contributed by atoms with E-state index in [4.69, 9.17) is 9.47 Å². The monoisotopic (exact) mass is 225 g/mol. The van der Waals surface area contributed by atoms with Gasteiger partial charge in [0.05, 0.1) is 25.6 Å². The molecular weight excluding hydrogens is 210 g/mol. The largest absolute Gasteiger partial charge is 0.469 e. The van der Waals surface area contributed by atoms with Gasteiger partial charge in [0.2, 0.25) is 0 Å². The third kappa shape index (κ3) is 1.21. The molecule has 0 amide bonds. The Morgan fingerprint density at radius 1 is 1.25 bits per heavy atom. The van der Waals surface area contributed by atoms with Crippen LogP contribution in [-0.4, -0.2) is 38.2 Å². The van der Waals surface area contributed by atoms with Gasteiger partial charge in [0.25, 0.3) is 0 Å². The Balaban J connectivity index is 2.38. The minimum atomic E-state index is -0.874. The van der Waals surface area contributed by atoms with E-state index in [1.165, 1.54) is 14.2 Å². The molecule has 2 aliphatic rings. The highest BCUT2D eigenvalue weighted by Crippen LogP contribution is 2.45. The summed E-state index contributed by atoms with van der Waals surface area (Å²) < 4.78 is 9.55. The molecule has 0 aromatic carbocycles.